The third-order valence-corrected chi connectivity index (χ3v) is 3.65. The Morgan fingerprint density at radius 3 is 2.85 bits per heavy atom. The van der Waals surface area contributed by atoms with Gasteiger partial charge in [0.2, 0.25) is 5.91 Å². The topological polar surface area (TPSA) is 88.6 Å². The molecule has 6 nitrogen and oxygen atoms in total. The van der Waals surface area contributed by atoms with Crippen molar-refractivity contribution in [3.8, 4) is 0 Å². The number of primary amides is 1. The summed E-state index contributed by atoms with van der Waals surface area (Å²) in [5.74, 6) is 1.30. The molecule has 1 aliphatic heterocycles. The molecule has 1 saturated heterocycles. The van der Waals surface area contributed by atoms with Crippen LogP contribution in [-0.2, 0) is 4.79 Å². The lowest BCUT2D eigenvalue weighted by molar-refractivity contribution is -0.127. The van der Waals surface area contributed by atoms with Crippen LogP contribution in [0, 0.1) is 12.8 Å². The molecule has 0 saturated carbocycles. The van der Waals surface area contributed by atoms with E-state index < -0.39 is 6.03 Å². The molecule has 20 heavy (non-hydrogen) atoms. The molecule has 1 aromatic rings. The predicted molar refractivity (Wildman–Crippen MR) is 73.9 cm³/mol. The number of hydrogen-bond donors (Lipinski definition) is 2. The summed E-state index contributed by atoms with van der Waals surface area (Å²) in [6.45, 7) is 4.77. The normalized spacial score (nSPS) is 20.5. The molecule has 3 amide bonds. The van der Waals surface area contributed by atoms with Gasteiger partial charge in [0.15, 0.2) is 0 Å². The zero-order valence-corrected chi connectivity index (χ0v) is 11.9. The van der Waals surface area contributed by atoms with Crippen molar-refractivity contribution in [1.82, 2.24) is 10.2 Å². The van der Waals surface area contributed by atoms with Gasteiger partial charge in [0.1, 0.15) is 11.5 Å². The van der Waals surface area contributed by atoms with E-state index in [1.807, 2.05) is 26.0 Å². The number of carbonyl (C=O) groups excluding carboxylic acids is 2. The fourth-order valence-corrected chi connectivity index (χ4v) is 2.48. The molecule has 0 radical (unpaired) electrons. The van der Waals surface area contributed by atoms with Crippen LogP contribution in [0.5, 0.6) is 0 Å². The SMILES string of the molecule is Cc1ccc(C(C)NC(=O)C2CCCN(C(N)=O)C2)o1. The Balaban J connectivity index is 1.92. The highest BCUT2D eigenvalue weighted by molar-refractivity contribution is 5.80. The Kier molecular flexibility index (Phi) is 4.32. The Morgan fingerprint density at radius 1 is 1.50 bits per heavy atom. The molecule has 1 fully saturated rings. The number of aryl methyl sites for hydroxylation is 1. The maximum Gasteiger partial charge on any atom is 0.314 e. The van der Waals surface area contributed by atoms with Gasteiger partial charge in [0, 0.05) is 13.1 Å². The number of carbonyl (C=O) groups is 2. The number of nitrogens with zero attached hydrogens (tertiary/aromatic N) is 1. The highest BCUT2D eigenvalue weighted by Gasteiger charge is 2.28. The Morgan fingerprint density at radius 2 is 2.25 bits per heavy atom. The van der Waals surface area contributed by atoms with Gasteiger partial charge in [0.05, 0.1) is 12.0 Å². The lowest BCUT2D eigenvalue weighted by Gasteiger charge is -2.31. The van der Waals surface area contributed by atoms with Gasteiger partial charge < -0.3 is 20.4 Å². The molecule has 0 spiro atoms. The fourth-order valence-electron chi connectivity index (χ4n) is 2.48. The lowest BCUT2D eigenvalue weighted by Crippen LogP contribution is -2.47. The molecule has 110 valence electrons. The van der Waals surface area contributed by atoms with E-state index in [0.29, 0.717) is 13.1 Å². The summed E-state index contributed by atoms with van der Waals surface area (Å²) in [4.78, 5) is 24.9. The molecule has 2 heterocycles. The summed E-state index contributed by atoms with van der Waals surface area (Å²) >= 11 is 0. The molecule has 0 aliphatic carbocycles. The van der Waals surface area contributed by atoms with E-state index in [-0.39, 0.29) is 17.9 Å². The molecule has 0 aromatic carbocycles. The van der Waals surface area contributed by atoms with E-state index in [2.05, 4.69) is 5.32 Å². The first kappa shape index (κ1) is 14.4. The fraction of sp³-hybridized carbons (Fsp3) is 0.571. The van der Waals surface area contributed by atoms with Crippen LogP contribution in [0.25, 0.3) is 0 Å². The monoisotopic (exact) mass is 279 g/mol. The van der Waals surface area contributed by atoms with Crippen LogP contribution < -0.4 is 11.1 Å². The average molecular weight is 279 g/mol. The second-order valence-electron chi connectivity index (χ2n) is 5.30. The average Bonchev–Trinajstić information content (AvgIpc) is 2.85. The van der Waals surface area contributed by atoms with Gasteiger partial charge in [-0.25, -0.2) is 4.79 Å². The van der Waals surface area contributed by atoms with Crippen molar-refractivity contribution in [3.63, 3.8) is 0 Å². The number of piperidine rings is 1. The molecule has 2 atom stereocenters. The number of furan rings is 1. The molecular weight excluding hydrogens is 258 g/mol. The summed E-state index contributed by atoms with van der Waals surface area (Å²) in [5.41, 5.74) is 5.26. The van der Waals surface area contributed by atoms with Crippen LogP contribution in [0.2, 0.25) is 0 Å². The second-order valence-corrected chi connectivity index (χ2v) is 5.30. The predicted octanol–water partition coefficient (Wildman–Crippen LogP) is 1.56. The third-order valence-electron chi connectivity index (χ3n) is 3.65. The van der Waals surface area contributed by atoms with Gasteiger partial charge in [0.25, 0.3) is 0 Å². The van der Waals surface area contributed by atoms with Crippen molar-refractivity contribution in [2.45, 2.75) is 32.7 Å². The standard InChI is InChI=1S/C14H21N3O3/c1-9-5-6-12(20-9)10(2)16-13(18)11-4-3-7-17(8-11)14(15)19/h5-6,10-11H,3-4,7-8H2,1-2H3,(H2,15,19)(H,16,18). The summed E-state index contributed by atoms with van der Waals surface area (Å²) in [7, 11) is 0. The first-order chi connectivity index (χ1) is 9.47. The van der Waals surface area contributed by atoms with Crippen molar-refractivity contribution in [1.29, 1.82) is 0 Å². The van der Waals surface area contributed by atoms with Crippen molar-refractivity contribution in [2.24, 2.45) is 11.7 Å². The van der Waals surface area contributed by atoms with E-state index >= 15 is 0 Å². The van der Waals surface area contributed by atoms with Crippen LogP contribution >= 0.6 is 0 Å². The molecular formula is C14H21N3O3. The number of nitrogens with two attached hydrogens (primary N) is 1. The minimum atomic E-state index is -0.461. The highest BCUT2D eigenvalue weighted by atomic mass is 16.3. The number of likely N-dealkylation sites (tertiary alicyclic amines) is 1. The molecule has 0 bridgehead atoms. The van der Waals surface area contributed by atoms with Gasteiger partial charge in [-0.05, 0) is 38.8 Å². The highest BCUT2D eigenvalue weighted by Crippen LogP contribution is 2.20. The second kappa shape index (κ2) is 5.98. The Hall–Kier alpha value is -1.98. The Bertz CT molecular complexity index is 498. The van der Waals surface area contributed by atoms with Crippen molar-refractivity contribution < 1.29 is 14.0 Å². The van der Waals surface area contributed by atoms with Gasteiger partial charge in [-0.15, -0.1) is 0 Å². The quantitative estimate of drug-likeness (QED) is 0.880. The van der Waals surface area contributed by atoms with E-state index in [4.69, 9.17) is 10.2 Å². The number of hydrogen-bond acceptors (Lipinski definition) is 3. The van der Waals surface area contributed by atoms with Crippen molar-refractivity contribution >= 4 is 11.9 Å². The molecule has 2 unspecified atom stereocenters. The van der Waals surface area contributed by atoms with Crippen molar-refractivity contribution in [2.75, 3.05) is 13.1 Å². The maximum absolute atomic E-state index is 12.2. The molecule has 1 aliphatic rings. The van der Waals surface area contributed by atoms with Crippen LogP contribution in [0.1, 0.15) is 37.3 Å². The molecule has 2 rings (SSSR count). The van der Waals surface area contributed by atoms with Gasteiger partial charge in [-0.2, -0.15) is 0 Å². The molecule has 1 aromatic heterocycles. The third kappa shape index (κ3) is 3.31. The number of rotatable bonds is 3. The maximum atomic E-state index is 12.2. The molecule has 6 heteroatoms. The van der Waals surface area contributed by atoms with E-state index in [0.717, 1.165) is 24.4 Å². The van der Waals surface area contributed by atoms with E-state index in [1.54, 1.807) is 0 Å². The summed E-state index contributed by atoms with van der Waals surface area (Å²) in [5, 5.41) is 2.93. The van der Waals surface area contributed by atoms with Gasteiger partial charge in [-0.1, -0.05) is 0 Å². The van der Waals surface area contributed by atoms with Gasteiger partial charge >= 0.3 is 6.03 Å². The number of nitrogens with one attached hydrogen (secondary N) is 1. The number of amides is 3. The Labute approximate surface area is 118 Å². The first-order valence-corrected chi connectivity index (χ1v) is 6.88. The van der Waals surface area contributed by atoms with Crippen LogP contribution in [0.15, 0.2) is 16.5 Å². The minimum absolute atomic E-state index is 0.0579. The smallest absolute Gasteiger partial charge is 0.314 e. The minimum Gasteiger partial charge on any atom is -0.464 e. The van der Waals surface area contributed by atoms with Crippen LogP contribution in [0.4, 0.5) is 4.79 Å². The number of urea groups is 1. The summed E-state index contributed by atoms with van der Waals surface area (Å²) < 4.78 is 5.49. The van der Waals surface area contributed by atoms with E-state index in [1.165, 1.54) is 4.90 Å². The molecule has 3 N–H and O–H groups in total. The zero-order chi connectivity index (χ0) is 14.7. The first-order valence-electron chi connectivity index (χ1n) is 6.88. The van der Waals surface area contributed by atoms with Crippen LogP contribution in [0.3, 0.4) is 0 Å². The summed E-state index contributed by atoms with van der Waals surface area (Å²) in [6, 6.07) is 3.09. The summed E-state index contributed by atoms with van der Waals surface area (Å²) in [6.07, 6.45) is 1.58. The van der Waals surface area contributed by atoms with Crippen LogP contribution in [-0.4, -0.2) is 29.9 Å². The lowest BCUT2D eigenvalue weighted by atomic mass is 9.97. The zero-order valence-electron chi connectivity index (χ0n) is 11.9. The van der Waals surface area contributed by atoms with Crippen molar-refractivity contribution in [3.05, 3.63) is 23.7 Å². The largest absolute Gasteiger partial charge is 0.464 e. The van der Waals surface area contributed by atoms with E-state index in [9.17, 15) is 9.59 Å². The van der Waals surface area contributed by atoms with Gasteiger partial charge in [-0.3, -0.25) is 4.79 Å².